The first kappa shape index (κ1) is 21.8. The SMILES string of the molecule is COC1(c2ccccc2)CCN(C(=O)c2c(C)ccn(CC3CCCNC3)c2=O)CC1. The number of likely N-dealkylation sites (tertiary alicyclic amines) is 1. The summed E-state index contributed by atoms with van der Waals surface area (Å²) in [5.41, 5.74) is 1.67. The van der Waals surface area contributed by atoms with Crippen LogP contribution in [0, 0.1) is 12.8 Å². The first-order chi connectivity index (χ1) is 15.0. The van der Waals surface area contributed by atoms with Gasteiger partial charge in [-0.3, -0.25) is 9.59 Å². The van der Waals surface area contributed by atoms with Crippen LogP contribution in [0.4, 0.5) is 0 Å². The number of carbonyl (C=O) groups is 1. The third kappa shape index (κ3) is 4.46. The van der Waals surface area contributed by atoms with Crippen LogP contribution >= 0.6 is 0 Å². The number of amides is 1. The molecule has 0 radical (unpaired) electrons. The van der Waals surface area contributed by atoms with E-state index in [1.54, 1.807) is 11.7 Å². The normalized spacial score (nSPS) is 21.1. The molecule has 6 heteroatoms. The second-order valence-corrected chi connectivity index (χ2v) is 8.90. The highest BCUT2D eigenvalue weighted by Crippen LogP contribution is 2.36. The summed E-state index contributed by atoms with van der Waals surface area (Å²) in [6.07, 6.45) is 5.51. The van der Waals surface area contributed by atoms with Crippen LogP contribution in [0.3, 0.4) is 0 Å². The number of methoxy groups -OCH3 is 1. The van der Waals surface area contributed by atoms with Crippen LogP contribution in [-0.4, -0.2) is 48.7 Å². The van der Waals surface area contributed by atoms with Gasteiger partial charge in [-0.05, 0) is 68.8 Å². The molecule has 1 aromatic heterocycles. The van der Waals surface area contributed by atoms with E-state index >= 15 is 0 Å². The third-order valence-corrected chi connectivity index (χ3v) is 6.99. The van der Waals surface area contributed by atoms with Gasteiger partial charge in [0.05, 0.1) is 5.60 Å². The van der Waals surface area contributed by atoms with E-state index in [0.717, 1.165) is 37.1 Å². The molecule has 6 nitrogen and oxygen atoms in total. The van der Waals surface area contributed by atoms with Crippen molar-refractivity contribution in [3.63, 3.8) is 0 Å². The lowest BCUT2D eigenvalue weighted by molar-refractivity contribution is -0.0575. The van der Waals surface area contributed by atoms with Crippen molar-refractivity contribution in [3.05, 3.63) is 69.6 Å². The summed E-state index contributed by atoms with van der Waals surface area (Å²) >= 11 is 0. The number of pyridine rings is 1. The van der Waals surface area contributed by atoms with Gasteiger partial charge < -0.3 is 19.5 Å². The van der Waals surface area contributed by atoms with Crippen molar-refractivity contribution in [2.24, 2.45) is 5.92 Å². The van der Waals surface area contributed by atoms with Crippen molar-refractivity contribution >= 4 is 5.91 Å². The van der Waals surface area contributed by atoms with Crippen LogP contribution in [0.1, 0.15) is 47.2 Å². The fraction of sp³-hybridized carbons (Fsp3) is 0.520. The number of nitrogens with zero attached hydrogens (tertiary/aromatic N) is 2. The van der Waals surface area contributed by atoms with Gasteiger partial charge in [-0.2, -0.15) is 0 Å². The van der Waals surface area contributed by atoms with Crippen LogP contribution in [-0.2, 0) is 16.9 Å². The predicted molar refractivity (Wildman–Crippen MR) is 121 cm³/mol. The van der Waals surface area contributed by atoms with Gasteiger partial charge in [0.25, 0.3) is 11.5 Å². The van der Waals surface area contributed by atoms with Crippen LogP contribution in [0.2, 0.25) is 0 Å². The Morgan fingerprint density at radius 2 is 1.94 bits per heavy atom. The van der Waals surface area contributed by atoms with Crippen molar-refractivity contribution in [2.45, 2.75) is 44.8 Å². The first-order valence-corrected chi connectivity index (χ1v) is 11.3. The number of aryl methyl sites for hydroxylation is 1. The van der Waals surface area contributed by atoms with E-state index in [2.05, 4.69) is 17.4 Å². The van der Waals surface area contributed by atoms with Crippen LogP contribution < -0.4 is 10.9 Å². The summed E-state index contributed by atoms with van der Waals surface area (Å²) < 4.78 is 7.67. The Morgan fingerprint density at radius 1 is 1.19 bits per heavy atom. The molecule has 0 spiro atoms. The largest absolute Gasteiger partial charge is 0.373 e. The van der Waals surface area contributed by atoms with Crippen LogP contribution in [0.25, 0.3) is 0 Å². The number of nitrogens with one attached hydrogen (secondary N) is 1. The van der Waals surface area contributed by atoms with E-state index in [1.807, 2.05) is 42.3 Å². The zero-order valence-electron chi connectivity index (χ0n) is 18.6. The molecule has 4 rings (SSSR count). The summed E-state index contributed by atoms with van der Waals surface area (Å²) in [7, 11) is 1.74. The molecule has 1 atom stereocenters. The van der Waals surface area contributed by atoms with Crippen molar-refractivity contribution in [2.75, 3.05) is 33.3 Å². The van der Waals surface area contributed by atoms with E-state index in [-0.39, 0.29) is 17.1 Å². The molecule has 2 aliphatic heterocycles. The second-order valence-electron chi connectivity index (χ2n) is 8.90. The number of hydrogen-bond acceptors (Lipinski definition) is 4. The Labute approximate surface area is 184 Å². The van der Waals surface area contributed by atoms with E-state index in [0.29, 0.717) is 44.0 Å². The van der Waals surface area contributed by atoms with Crippen molar-refractivity contribution in [1.82, 2.24) is 14.8 Å². The molecule has 1 unspecified atom stereocenters. The van der Waals surface area contributed by atoms with Crippen molar-refractivity contribution in [1.29, 1.82) is 0 Å². The molecule has 0 bridgehead atoms. The second kappa shape index (κ2) is 9.37. The third-order valence-electron chi connectivity index (χ3n) is 6.99. The minimum Gasteiger partial charge on any atom is -0.373 e. The van der Waals surface area contributed by atoms with Gasteiger partial charge >= 0.3 is 0 Å². The number of aromatic nitrogens is 1. The number of ether oxygens (including phenoxy) is 1. The lowest BCUT2D eigenvalue weighted by atomic mass is 9.84. The highest BCUT2D eigenvalue weighted by atomic mass is 16.5. The predicted octanol–water partition coefficient (Wildman–Crippen LogP) is 2.93. The lowest BCUT2D eigenvalue weighted by Crippen LogP contribution is -2.47. The number of rotatable bonds is 5. The average Bonchev–Trinajstić information content (AvgIpc) is 2.82. The van der Waals surface area contributed by atoms with Gasteiger partial charge in [0.1, 0.15) is 5.56 Å². The minimum absolute atomic E-state index is 0.156. The Balaban J connectivity index is 1.51. The number of hydrogen-bond donors (Lipinski definition) is 1. The maximum atomic E-state index is 13.4. The molecule has 1 aromatic carbocycles. The van der Waals surface area contributed by atoms with Gasteiger partial charge in [-0.25, -0.2) is 0 Å². The fourth-order valence-corrected chi connectivity index (χ4v) is 5.01. The van der Waals surface area contributed by atoms with Gasteiger partial charge in [0.15, 0.2) is 0 Å². The van der Waals surface area contributed by atoms with Crippen LogP contribution in [0.5, 0.6) is 0 Å². The number of benzene rings is 1. The van der Waals surface area contributed by atoms with Gasteiger partial charge in [0.2, 0.25) is 0 Å². The molecule has 1 N–H and O–H groups in total. The Morgan fingerprint density at radius 3 is 2.58 bits per heavy atom. The fourth-order valence-electron chi connectivity index (χ4n) is 5.01. The first-order valence-electron chi connectivity index (χ1n) is 11.3. The summed E-state index contributed by atoms with van der Waals surface area (Å²) in [5, 5.41) is 3.40. The van der Waals surface area contributed by atoms with Crippen LogP contribution in [0.15, 0.2) is 47.4 Å². The standard InChI is InChI=1S/C25H33N3O3/c1-19-10-14-28(18-20-7-6-13-26-17-20)24(30)22(19)23(29)27-15-11-25(31-2,12-16-27)21-8-4-3-5-9-21/h3-5,8-10,14,20,26H,6-7,11-13,15-18H2,1-2H3. The molecule has 0 saturated carbocycles. The number of piperidine rings is 2. The van der Waals surface area contributed by atoms with Gasteiger partial charge in [-0.1, -0.05) is 30.3 Å². The average molecular weight is 424 g/mol. The van der Waals surface area contributed by atoms with Gasteiger partial charge in [-0.15, -0.1) is 0 Å². The zero-order chi connectivity index (χ0) is 21.8. The molecule has 166 valence electrons. The highest BCUT2D eigenvalue weighted by Gasteiger charge is 2.38. The summed E-state index contributed by atoms with van der Waals surface area (Å²) in [5.74, 6) is 0.275. The Bertz CT molecular complexity index is 956. The molecule has 1 amide bonds. The molecular formula is C25H33N3O3. The Hall–Kier alpha value is -2.44. The molecular weight excluding hydrogens is 390 g/mol. The van der Waals surface area contributed by atoms with E-state index < -0.39 is 0 Å². The maximum absolute atomic E-state index is 13.4. The molecule has 0 aliphatic carbocycles. The molecule has 3 heterocycles. The van der Waals surface area contributed by atoms with E-state index in [4.69, 9.17) is 4.74 Å². The maximum Gasteiger partial charge on any atom is 0.263 e. The molecule has 2 aromatic rings. The molecule has 31 heavy (non-hydrogen) atoms. The summed E-state index contributed by atoms with van der Waals surface area (Å²) in [4.78, 5) is 28.4. The van der Waals surface area contributed by atoms with E-state index in [1.165, 1.54) is 0 Å². The summed E-state index contributed by atoms with van der Waals surface area (Å²) in [6, 6.07) is 12.1. The van der Waals surface area contributed by atoms with E-state index in [9.17, 15) is 9.59 Å². The zero-order valence-corrected chi connectivity index (χ0v) is 18.6. The minimum atomic E-state index is -0.377. The Kier molecular flexibility index (Phi) is 6.58. The lowest BCUT2D eigenvalue weighted by Gasteiger charge is -2.41. The van der Waals surface area contributed by atoms with Crippen molar-refractivity contribution in [3.8, 4) is 0 Å². The molecule has 2 fully saturated rings. The topological polar surface area (TPSA) is 63.6 Å². The number of carbonyl (C=O) groups excluding carboxylic acids is 1. The highest BCUT2D eigenvalue weighted by molar-refractivity contribution is 5.95. The van der Waals surface area contributed by atoms with Crippen molar-refractivity contribution < 1.29 is 9.53 Å². The quantitative estimate of drug-likeness (QED) is 0.803. The molecule has 2 saturated heterocycles. The summed E-state index contributed by atoms with van der Waals surface area (Å²) in [6.45, 7) is 5.63. The monoisotopic (exact) mass is 423 g/mol. The van der Waals surface area contributed by atoms with Gasteiger partial charge in [0, 0.05) is 32.9 Å². The molecule has 2 aliphatic rings. The smallest absolute Gasteiger partial charge is 0.263 e.